The van der Waals surface area contributed by atoms with E-state index in [1.165, 1.54) is 49.2 Å². The monoisotopic (exact) mass is 427 g/mol. The molecule has 5 rings (SSSR count). The van der Waals surface area contributed by atoms with E-state index < -0.39 is 5.97 Å². The van der Waals surface area contributed by atoms with Crippen LogP contribution in [0.2, 0.25) is 0 Å². The summed E-state index contributed by atoms with van der Waals surface area (Å²) in [5, 5.41) is 17.9. The fourth-order valence-electron chi connectivity index (χ4n) is 4.34. The average molecular weight is 428 g/mol. The van der Waals surface area contributed by atoms with Gasteiger partial charge in [-0.1, -0.05) is 55.7 Å². The van der Waals surface area contributed by atoms with Crippen molar-refractivity contribution in [2.45, 2.75) is 32.1 Å². The van der Waals surface area contributed by atoms with Crippen molar-refractivity contribution in [3.8, 4) is 17.1 Å². The summed E-state index contributed by atoms with van der Waals surface area (Å²) in [7, 11) is 0. The molecule has 0 unspecified atom stereocenters. The third-order valence-corrected chi connectivity index (χ3v) is 6.11. The number of carboxylic acids is 1. The number of carbonyl (C=O) groups is 1. The van der Waals surface area contributed by atoms with Gasteiger partial charge in [-0.25, -0.2) is 14.5 Å². The Balaban J connectivity index is 1.56. The van der Waals surface area contributed by atoms with E-state index >= 15 is 0 Å². The minimum atomic E-state index is -1.03. The largest absolute Gasteiger partial charge is 0.478 e. The van der Waals surface area contributed by atoms with E-state index in [1.807, 2.05) is 30.3 Å². The number of rotatable bonds is 6. The van der Waals surface area contributed by atoms with Crippen LogP contribution in [0.4, 0.5) is 5.82 Å². The van der Waals surface area contributed by atoms with E-state index in [0.717, 1.165) is 34.4 Å². The molecule has 0 spiro atoms. The van der Waals surface area contributed by atoms with Crippen molar-refractivity contribution in [1.29, 1.82) is 0 Å². The molecule has 0 amide bonds. The van der Waals surface area contributed by atoms with Crippen molar-refractivity contribution in [1.82, 2.24) is 19.7 Å². The number of carboxylic acid groups (broad SMARTS) is 1. The van der Waals surface area contributed by atoms with Gasteiger partial charge in [0.05, 0.1) is 17.3 Å². The molecule has 0 saturated heterocycles. The quantitative estimate of drug-likeness (QED) is 0.441. The summed E-state index contributed by atoms with van der Waals surface area (Å²) in [4.78, 5) is 20.7. The van der Waals surface area contributed by atoms with Crippen LogP contribution in [-0.4, -0.2) is 37.4 Å². The molecule has 2 aromatic carbocycles. The Kier molecular flexibility index (Phi) is 5.54. The predicted octanol–water partition coefficient (Wildman–Crippen LogP) is 5.17. The normalized spacial score (nSPS) is 14.5. The van der Waals surface area contributed by atoms with Gasteiger partial charge in [-0.2, -0.15) is 10.1 Å². The maximum absolute atomic E-state index is 11.3. The maximum Gasteiger partial charge on any atom is 0.338 e. The molecule has 2 heterocycles. The molecule has 32 heavy (non-hydrogen) atoms. The van der Waals surface area contributed by atoms with Gasteiger partial charge < -0.3 is 10.4 Å². The molecule has 1 fully saturated rings. The first-order chi connectivity index (χ1) is 15.7. The Bertz CT molecular complexity index is 1250. The highest BCUT2D eigenvalue weighted by Gasteiger charge is 2.17. The van der Waals surface area contributed by atoms with Crippen molar-refractivity contribution >= 4 is 22.7 Å². The first-order valence-corrected chi connectivity index (χ1v) is 11.1. The topological polar surface area (TPSA) is 92.9 Å². The summed E-state index contributed by atoms with van der Waals surface area (Å²) in [6.07, 6.45) is 9.11. The Morgan fingerprint density at radius 1 is 1.03 bits per heavy atom. The minimum Gasteiger partial charge on any atom is -0.478 e. The number of nitrogens with one attached hydrogen (secondary N) is 1. The number of benzene rings is 2. The molecule has 1 aliphatic rings. The van der Waals surface area contributed by atoms with Crippen molar-refractivity contribution < 1.29 is 9.90 Å². The summed E-state index contributed by atoms with van der Waals surface area (Å²) in [6, 6.07) is 16.4. The van der Waals surface area contributed by atoms with Crippen LogP contribution in [0.15, 0.2) is 60.9 Å². The second-order valence-corrected chi connectivity index (χ2v) is 8.33. The fourth-order valence-corrected chi connectivity index (χ4v) is 4.34. The highest BCUT2D eigenvalue weighted by molar-refractivity contribution is 5.93. The summed E-state index contributed by atoms with van der Waals surface area (Å²) in [6.45, 7) is 0.862. The van der Waals surface area contributed by atoms with E-state index in [0.29, 0.717) is 11.9 Å². The van der Waals surface area contributed by atoms with E-state index in [1.54, 1.807) is 0 Å². The molecule has 1 saturated carbocycles. The standard InChI is InChI=1S/C25H25N5O2/c31-24(32)20-15-27-30(16-20)25-28-22-12-11-19(18-9-5-2-6-10-18)13-21(22)23(29-25)26-14-17-7-3-1-4-8-17/h2,5-6,9-13,15-17H,1,3-4,7-8,14H2,(H,31,32)(H,26,28,29). The molecule has 2 aromatic heterocycles. The molecular weight excluding hydrogens is 402 g/mol. The van der Waals surface area contributed by atoms with Gasteiger partial charge in [0.2, 0.25) is 0 Å². The zero-order valence-corrected chi connectivity index (χ0v) is 17.7. The third kappa shape index (κ3) is 4.19. The summed E-state index contributed by atoms with van der Waals surface area (Å²) < 4.78 is 1.42. The molecule has 1 aliphatic carbocycles. The van der Waals surface area contributed by atoms with Crippen molar-refractivity contribution in [3.05, 3.63) is 66.5 Å². The molecule has 0 bridgehead atoms. The van der Waals surface area contributed by atoms with E-state index in [2.05, 4.69) is 33.6 Å². The van der Waals surface area contributed by atoms with E-state index in [-0.39, 0.29) is 5.56 Å². The summed E-state index contributed by atoms with van der Waals surface area (Å²) >= 11 is 0. The number of nitrogens with zero attached hydrogens (tertiary/aromatic N) is 4. The smallest absolute Gasteiger partial charge is 0.338 e. The van der Waals surface area contributed by atoms with Gasteiger partial charge in [-0.05, 0) is 42.0 Å². The zero-order chi connectivity index (χ0) is 21.9. The van der Waals surface area contributed by atoms with Crippen LogP contribution >= 0.6 is 0 Å². The number of fused-ring (bicyclic) bond motifs is 1. The van der Waals surface area contributed by atoms with Crippen LogP contribution in [0.3, 0.4) is 0 Å². The fraction of sp³-hybridized carbons (Fsp3) is 0.280. The van der Waals surface area contributed by atoms with Crippen LogP contribution in [0.25, 0.3) is 28.0 Å². The van der Waals surface area contributed by atoms with Crippen LogP contribution in [-0.2, 0) is 0 Å². The van der Waals surface area contributed by atoms with Crippen LogP contribution in [0, 0.1) is 5.92 Å². The van der Waals surface area contributed by atoms with Gasteiger partial charge in [-0.3, -0.25) is 0 Å². The SMILES string of the molecule is O=C(O)c1cnn(-c2nc(NCC3CCCCC3)c3cc(-c4ccccc4)ccc3n2)c1. The van der Waals surface area contributed by atoms with Gasteiger partial charge in [-0.15, -0.1) is 0 Å². The van der Waals surface area contributed by atoms with Crippen LogP contribution in [0.1, 0.15) is 42.5 Å². The van der Waals surface area contributed by atoms with Crippen LogP contribution < -0.4 is 5.32 Å². The maximum atomic E-state index is 11.3. The zero-order valence-electron chi connectivity index (χ0n) is 17.7. The van der Waals surface area contributed by atoms with Crippen molar-refractivity contribution in [2.24, 2.45) is 5.92 Å². The molecule has 162 valence electrons. The molecule has 0 aliphatic heterocycles. The van der Waals surface area contributed by atoms with Crippen molar-refractivity contribution in [2.75, 3.05) is 11.9 Å². The molecule has 4 aromatic rings. The second kappa shape index (κ2) is 8.78. The van der Waals surface area contributed by atoms with E-state index in [9.17, 15) is 9.90 Å². The number of aromatic carboxylic acids is 1. The first-order valence-electron chi connectivity index (χ1n) is 11.1. The minimum absolute atomic E-state index is 0.102. The average Bonchev–Trinajstić information content (AvgIpc) is 3.34. The van der Waals surface area contributed by atoms with Gasteiger partial charge in [0.25, 0.3) is 5.95 Å². The molecule has 2 N–H and O–H groups in total. The lowest BCUT2D eigenvalue weighted by atomic mass is 9.89. The molecule has 7 heteroatoms. The predicted molar refractivity (Wildman–Crippen MR) is 124 cm³/mol. The Hall–Kier alpha value is -3.74. The highest BCUT2D eigenvalue weighted by atomic mass is 16.4. The number of anilines is 1. The molecule has 0 radical (unpaired) electrons. The number of aromatic nitrogens is 4. The molecule has 0 atom stereocenters. The van der Waals surface area contributed by atoms with Gasteiger partial charge in [0.15, 0.2) is 0 Å². The third-order valence-electron chi connectivity index (χ3n) is 6.11. The van der Waals surface area contributed by atoms with Crippen LogP contribution in [0.5, 0.6) is 0 Å². The number of hydrogen-bond acceptors (Lipinski definition) is 5. The molecule has 7 nitrogen and oxygen atoms in total. The van der Waals surface area contributed by atoms with Gasteiger partial charge >= 0.3 is 5.97 Å². The van der Waals surface area contributed by atoms with Gasteiger partial charge in [0, 0.05) is 18.1 Å². The lowest BCUT2D eigenvalue weighted by Crippen LogP contribution is -2.18. The Morgan fingerprint density at radius 3 is 2.59 bits per heavy atom. The number of hydrogen-bond donors (Lipinski definition) is 2. The Morgan fingerprint density at radius 2 is 1.84 bits per heavy atom. The highest BCUT2D eigenvalue weighted by Crippen LogP contribution is 2.29. The summed E-state index contributed by atoms with van der Waals surface area (Å²) in [5.41, 5.74) is 3.12. The summed E-state index contributed by atoms with van der Waals surface area (Å²) in [5.74, 6) is 0.711. The second-order valence-electron chi connectivity index (χ2n) is 8.33. The lowest BCUT2D eigenvalue weighted by molar-refractivity contribution is 0.0697. The van der Waals surface area contributed by atoms with E-state index in [4.69, 9.17) is 4.98 Å². The lowest BCUT2D eigenvalue weighted by Gasteiger charge is -2.22. The molecular formula is C25H25N5O2. The van der Waals surface area contributed by atoms with Crippen molar-refractivity contribution in [3.63, 3.8) is 0 Å². The van der Waals surface area contributed by atoms with Gasteiger partial charge in [0.1, 0.15) is 5.82 Å². The Labute approximate surface area is 186 Å². The first kappa shape index (κ1) is 20.2.